The Morgan fingerprint density at radius 1 is 1.25 bits per heavy atom. The summed E-state index contributed by atoms with van der Waals surface area (Å²) >= 11 is 0. The first-order valence-electron chi connectivity index (χ1n) is 6.23. The van der Waals surface area contributed by atoms with E-state index in [9.17, 15) is 4.79 Å². The first-order chi connectivity index (χ1) is 9.79. The van der Waals surface area contributed by atoms with Crippen molar-refractivity contribution in [1.82, 2.24) is 9.78 Å². The van der Waals surface area contributed by atoms with E-state index in [2.05, 4.69) is 16.9 Å². The van der Waals surface area contributed by atoms with Crippen molar-refractivity contribution in [1.29, 1.82) is 0 Å². The maximum atomic E-state index is 11.4. The van der Waals surface area contributed by atoms with E-state index in [0.717, 1.165) is 11.3 Å². The highest BCUT2D eigenvalue weighted by atomic mass is 16.5. The fraction of sp³-hybridized carbons (Fsp3) is 0.200. The van der Waals surface area contributed by atoms with Crippen molar-refractivity contribution < 1.29 is 4.74 Å². The fourth-order valence-corrected chi connectivity index (χ4v) is 1.59. The molecule has 0 saturated carbocycles. The number of hydrogen-bond donors (Lipinski definition) is 1. The van der Waals surface area contributed by atoms with Crippen LogP contribution in [0.1, 0.15) is 5.56 Å². The van der Waals surface area contributed by atoms with Crippen molar-refractivity contribution in [3.8, 4) is 17.6 Å². The van der Waals surface area contributed by atoms with Crippen LogP contribution in [0, 0.1) is 11.8 Å². The molecule has 1 heterocycles. The average Bonchev–Trinajstić information content (AvgIpc) is 2.48. The van der Waals surface area contributed by atoms with E-state index in [1.807, 2.05) is 24.3 Å². The second-order valence-electron chi connectivity index (χ2n) is 3.96. The third-order valence-electron chi connectivity index (χ3n) is 2.55. The molecule has 2 aromatic rings. The summed E-state index contributed by atoms with van der Waals surface area (Å²) in [5.74, 6) is 6.45. The number of nitrogens with zero attached hydrogens (tertiary/aromatic N) is 2. The van der Waals surface area contributed by atoms with Gasteiger partial charge >= 0.3 is 0 Å². The van der Waals surface area contributed by atoms with Crippen LogP contribution in [0.3, 0.4) is 0 Å². The van der Waals surface area contributed by atoms with Crippen LogP contribution in [0.15, 0.2) is 47.4 Å². The van der Waals surface area contributed by atoms with Gasteiger partial charge in [-0.2, -0.15) is 5.10 Å². The lowest BCUT2D eigenvalue weighted by molar-refractivity contribution is 0.288. The Labute approximate surface area is 117 Å². The highest BCUT2D eigenvalue weighted by Gasteiger charge is 1.97. The lowest BCUT2D eigenvalue weighted by Gasteiger charge is -2.07. The Morgan fingerprint density at radius 3 is 2.75 bits per heavy atom. The van der Waals surface area contributed by atoms with Crippen molar-refractivity contribution in [2.75, 3.05) is 13.2 Å². The Balaban J connectivity index is 1.88. The minimum absolute atomic E-state index is 0.136. The van der Waals surface area contributed by atoms with E-state index in [-0.39, 0.29) is 5.56 Å². The molecule has 2 N–H and O–H groups in total. The van der Waals surface area contributed by atoms with Gasteiger partial charge in [-0.3, -0.25) is 4.79 Å². The maximum Gasteiger partial charge on any atom is 0.266 e. The van der Waals surface area contributed by atoms with E-state index in [1.165, 1.54) is 10.7 Å². The Morgan fingerprint density at radius 2 is 2.05 bits per heavy atom. The van der Waals surface area contributed by atoms with E-state index in [0.29, 0.717) is 19.7 Å². The predicted molar refractivity (Wildman–Crippen MR) is 76.4 cm³/mol. The zero-order valence-electron chi connectivity index (χ0n) is 11.0. The van der Waals surface area contributed by atoms with Crippen LogP contribution in [-0.2, 0) is 6.54 Å². The minimum atomic E-state index is -0.136. The summed E-state index contributed by atoms with van der Waals surface area (Å²) in [7, 11) is 0. The zero-order chi connectivity index (χ0) is 14.2. The van der Waals surface area contributed by atoms with Crippen LogP contribution in [0.25, 0.3) is 0 Å². The normalized spacial score (nSPS) is 9.65. The molecule has 0 unspecified atom stereocenters. The van der Waals surface area contributed by atoms with E-state index in [4.69, 9.17) is 10.5 Å². The van der Waals surface area contributed by atoms with Crippen LogP contribution >= 0.6 is 0 Å². The smallest absolute Gasteiger partial charge is 0.266 e. The van der Waals surface area contributed by atoms with Crippen molar-refractivity contribution in [3.63, 3.8) is 0 Å². The molecule has 5 heteroatoms. The van der Waals surface area contributed by atoms with Gasteiger partial charge in [-0.25, -0.2) is 4.68 Å². The second kappa shape index (κ2) is 7.12. The van der Waals surface area contributed by atoms with E-state index < -0.39 is 0 Å². The van der Waals surface area contributed by atoms with Crippen LogP contribution in [0.5, 0.6) is 5.75 Å². The Hall–Kier alpha value is -2.58. The van der Waals surface area contributed by atoms with Crippen LogP contribution in [-0.4, -0.2) is 22.9 Å². The van der Waals surface area contributed by atoms with E-state index in [1.54, 1.807) is 12.3 Å². The molecule has 1 aromatic carbocycles. The molecule has 0 saturated heterocycles. The molecule has 0 atom stereocenters. The summed E-state index contributed by atoms with van der Waals surface area (Å²) in [6.45, 7) is 1.14. The van der Waals surface area contributed by atoms with Crippen molar-refractivity contribution in [3.05, 3.63) is 58.5 Å². The zero-order valence-corrected chi connectivity index (χ0v) is 11.0. The summed E-state index contributed by atoms with van der Waals surface area (Å²) in [5, 5.41) is 3.95. The van der Waals surface area contributed by atoms with Gasteiger partial charge in [0.25, 0.3) is 5.56 Å². The molecule has 0 aliphatic rings. The molecule has 0 fully saturated rings. The molecule has 0 bridgehead atoms. The van der Waals surface area contributed by atoms with Gasteiger partial charge in [-0.05, 0) is 30.3 Å². The molecule has 0 spiro atoms. The number of nitrogens with two attached hydrogens (primary N) is 1. The molecule has 102 valence electrons. The highest BCUT2D eigenvalue weighted by molar-refractivity contribution is 5.38. The lowest BCUT2D eigenvalue weighted by atomic mass is 10.2. The third-order valence-corrected chi connectivity index (χ3v) is 2.55. The molecule has 0 aliphatic carbocycles. The van der Waals surface area contributed by atoms with Crippen LogP contribution in [0.2, 0.25) is 0 Å². The number of benzene rings is 1. The minimum Gasteiger partial charge on any atom is -0.492 e. The van der Waals surface area contributed by atoms with Gasteiger partial charge in [-0.1, -0.05) is 11.8 Å². The van der Waals surface area contributed by atoms with Gasteiger partial charge in [-0.15, -0.1) is 0 Å². The van der Waals surface area contributed by atoms with Crippen molar-refractivity contribution in [2.24, 2.45) is 5.73 Å². The van der Waals surface area contributed by atoms with Gasteiger partial charge in [0.05, 0.1) is 13.1 Å². The summed E-state index contributed by atoms with van der Waals surface area (Å²) in [6.07, 6.45) is 1.58. The molecule has 1 aromatic heterocycles. The second-order valence-corrected chi connectivity index (χ2v) is 3.96. The number of aromatic nitrogens is 2. The van der Waals surface area contributed by atoms with Gasteiger partial charge in [0.2, 0.25) is 0 Å². The molecule has 5 nitrogen and oxygen atoms in total. The van der Waals surface area contributed by atoms with Gasteiger partial charge in [0.1, 0.15) is 12.4 Å². The van der Waals surface area contributed by atoms with Gasteiger partial charge < -0.3 is 10.5 Å². The summed E-state index contributed by atoms with van der Waals surface area (Å²) in [5.41, 5.74) is 6.06. The standard InChI is InChI=1S/C15H15N3O2/c16-9-1-3-13-5-7-14(8-6-13)20-12-11-18-15(19)4-2-10-17-18/h2,4-8,10H,9,11-12,16H2. The summed E-state index contributed by atoms with van der Waals surface area (Å²) in [6, 6.07) is 10.5. The number of ether oxygens (including phenoxy) is 1. The van der Waals surface area contributed by atoms with Crippen LogP contribution in [0.4, 0.5) is 0 Å². The molecule has 20 heavy (non-hydrogen) atoms. The average molecular weight is 269 g/mol. The molecule has 2 rings (SSSR count). The van der Waals surface area contributed by atoms with Gasteiger partial charge in [0.15, 0.2) is 0 Å². The third kappa shape index (κ3) is 3.97. The first-order valence-corrected chi connectivity index (χ1v) is 6.23. The molecule has 0 amide bonds. The highest BCUT2D eigenvalue weighted by Crippen LogP contribution is 2.11. The van der Waals surface area contributed by atoms with E-state index >= 15 is 0 Å². The first kappa shape index (κ1) is 13.8. The molecule has 0 radical (unpaired) electrons. The van der Waals surface area contributed by atoms with Crippen LogP contribution < -0.4 is 16.0 Å². The quantitative estimate of drug-likeness (QED) is 0.827. The monoisotopic (exact) mass is 269 g/mol. The Kier molecular flexibility index (Phi) is 4.93. The van der Waals surface area contributed by atoms with Crippen molar-refractivity contribution in [2.45, 2.75) is 6.54 Å². The SMILES string of the molecule is NCC#Cc1ccc(OCCn2ncccc2=O)cc1. The molecule has 0 aliphatic heterocycles. The largest absolute Gasteiger partial charge is 0.492 e. The number of rotatable bonds is 4. The molecular formula is C15H15N3O2. The summed E-state index contributed by atoms with van der Waals surface area (Å²) < 4.78 is 6.91. The summed E-state index contributed by atoms with van der Waals surface area (Å²) in [4.78, 5) is 11.4. The Bertz CT molecular complexity index is 666. The topological polar surface area (TPSA) is 70.1 Å². The maximum absolute atomic E-state index is 11.4. The predicted octanol–water partition coefficient (Wildman–Crippen LogP) is 0.632. The van der Waals surface area contributed by atoms with Crippen molar-refractivity contribution >= 4 is 0 Å². The van der Waals surface area contributed by atoms with Gasteiger partial charge in [0, 0.05) is 17.8 Å². The fourth-order valence-electron chi connectivity index (χ4n) is 1.59. The number of hydrogen-bond acceptors (Lipinski definition) is 4. The lowest BCUT2D eigenvalue weighted by Crippen LogP contribution is -2.24. The molecular weight excluding hydrogens is 254 g/mol.